The van der Waals surface area contributed by atoms with E-state index in [9.17, 15) is 5.11 Å². The number of ether oxygens (including phenoxy) is 1. The highest BCUT2D eigenvalue weighted by Crippen LogP contribution is 2.12. The predicted octanol–water partition coefficient (Wildman–Crippen LogP) is 6.42. The standard InChI is InChI=1S/C21H42O2/c1-3-5-6-7-8-9-10-11-12-13-14-15-16-17-19-23-20-21(22)18-4-2/h4,21-22H,2-3,5-20H2,1H3. The van der Waals surface area contributed by atoms with Gasteiger partial charge in [0.05, 0.1) is 12.7 Å². The zero-order valence-corrected chi connectivity index (χ0v) is 15.7. The summed E-state index contributed by atoms with van der Waals surface area (Å²) in [4.78, 5) is 0. The lowest BCUT2D eigenvalue weighted by Crippen LogP contribution is -2.14. The van der Waals surface area contributed by atoms with E-state index < -0.39 is 0 Å². The smallest absolute Gasteiger partial charge is 0.0807 e. The lowest BCUT2D eigenvalue weighted by Gasteiger charge is -2.08. The third-order valence-corrected chi connectivity index (χ3v) is 4.39. The molecule has 0 aromatic carbocycles. The first kappa shape index (κ1) is 22.7. The molecule has 0 bridgehead atoms. The molecule has 0 aromatic heterocycles. The molecule has 0 aliphatic heterocycles. The summed E-state index contributed by atoms with van der Waals surface area (Å²) in [6.07, 6.45) is 21.3. The minimum absolute atomic E-state index is 0.376. The number of hydrogen-bond donors (Lipinski definition) is 1. The number of aliphatic hydroxyl groups is 1. The number of aliphatic hydroxyl groups excluding tert-OH is 1. The van der Waals surface area contributed by atoms with Crippen LogP contribution in [0.15, 0.2) is 12.7 Å². The van der Waals surface area contributed by atoms with Crippen LogP contribution in [-0.4, -0.2) is 24.4 Å². The van der Waals surface area contributed by atoms with E-state index in [2.05, 4.69) is 13.5 Å². The van der Waals surface area contributed by atoms with Crippen molar-refractivity contribution in [3.8, 4) is 0 Å². The van der Waals surface area contributed by atoms with Gasteiger partial charge in [0.2, 0.25) is 0 Å². The quantitative estimate of drug-likeness (QED) is 0.219. The van der Waals surface area contributed by atoms with E-state index in [1.165, 1.54) is 83.5 Å². The Morgan fingerprint density at radius 3 is 1.65 bits per heavy atom. The third kappa shape index (κ3) is 19.6. The molecule has 0 saturated heterocycles. The molecule has 1 N–H and O–H groups in total. The first-order chi connectivity index (χ1) is 11.3. The van der Waals surface area contributed by atoms with Crippen molar-refractivity contribution in [2.24, 2.45) is 0 Å². The monoisotopic (exact) mass is 326 g/mol. The van der Waals surface area contributed by atoms with E-state index in [1.807, 2.05) is 0 Å². The fraction of sp³-hybridized carbons (Fsp3) is 0.905. The molecule has 0 heterocycles. The molecule has 23 heavy (non-hydrogen) atoms. The Labute approximate surface area is 145 Å². The summed E-state index contributed by atoms with van der Waals surface area (Å²) in [5.41, 5.74) is 0. The van der Waals surface area contributed by atoms with Crippen LogP contribution < -0.4 is 0 Å². The van der Waals surface area contributed by atoms with Crippen LogP contribution in [0.2, 0.25) is 0 Å². The molecule has 0 aromatic rings. The van der Waals surface area contributed by atoms with Crippen molar-refractivity contribution in [3.63, 3.8) is 0 Å². The summed E-state index contributed by atoms with van der Waals surface area (Å²) in [6, 6.07) is 0. The largest absolute Gasteiger partial charge is 0.390 e. The minimum atomic E-state index is -0.376. The van der Waals surface area contributed by atoms with Crippen LogP contribution in [0.3, 0.4) is 0 Å². The third-order valence-electron chi connectivity index (χ3n) is 4.39. The Kier molecular flexibility index (Phi) is 19.4. The Bertz CT molecular complexity index is 228. The summed E-state index contributed by atoms with van der Waals surface area (Å²) in [6.45, 7) is 7.12. The van der Waals surface area contributed by atoms with Gasteiger partial charge in [-0.3, -0.25) is 0 Å². The van der Waals surface area contributed by atoms with Crippen molar-refractivity contribution in [2.75, 3.05) is 13.2 Å². The average Bonchev–Trinajstić information content (AvgIpc) is 2.54. The molecule has 1 unspecified atom stereocenters. The van der Waals surface area contributed by atoms with Crippen molar-refractivity contribution < 1.29 is 9.84 Å². The molecule has 2 nitrogen and oxygen atoms in total. The van der Waals surface area contributed by atoms with Crippen LogP contribution in [0.1, 0.15) is 103 Å². The van der Waals surface area contributed by atoms with Gasteiger partial charge in [-0.2, -0.15) is 0 Å². The zero-order valence-electron chi connectivity index (χ0n) is 15.7. The molecule has 0 radical (unpaired) electrons. The van der Waals surface area contributed by atoms with Gasteiger partial charge in [0, 0.05) is 6.61 Å². The van der Waals surface area contributed by atoms with E-state index in [0.29, 0.717) is 13.0 Å². The highest BCUT2D eigenvalue weighted by molar-refractivity contribution is 4.71. The van der Waals surface area contributed by atoms with E-state index in [4.69, 9.17) is 4.74 Å². The van der Waals surface area contributed by atoms with Gasteiger partial charge in [0.25, 0.3) is 0 Å². The van der Waals surface area contributed by atoms with Crippen LogP contribution in [0, 0.1) is 0 Å². The van der Waals surface area contributed by atoms with Crippen LogP contribution >= 0.6 is 0 Å². The van der Waals surface area contributed by atoms with E-state index in [1.54, 1.807) is 6.08 Å². The predicted molar refractivity (Wildman–Crippen MR) is 102 cm³/mol. The maximum absolute atomic E-state index is 9.47. The molecule has 0 saturated carbocycles. The van der Waals surface area contributed by atoms with Crippen LogP contribution in [0.25, 0.3) is 0 Å². The van der Waals surface area contributed by atoms with Crippen molar-refractivity contribution in [1.29, 1.82) is 0 Å². The first-order valence-corrected chi connectivity index (χ1v) is 10.2. The Hall–Kier alpha value is -0.340. The summed E-state index contributed by atoms with van der Waals surface area (Å²) >= 11 is 0. The topological polar surface area (TPSA) is 29.5 Å². The fourth-order valence-corrected chi connectivity index (χ4v) is 2.88. The molecule has 0 amide bonds. The summed E-state index contributed by atoms with van der Waals surface area (Å²) in [5, 5.41) is 9.47. The second-order valence-corrected chi connectivity index (χ2v) is 6.85. The SMILES string of the molecule is C=CCC(O)COCCCCCCCCCCCCCCCC. The van der Waals surface area contributed by atoms with Crippen molar-refractivity contribution >= 4 is 0 Å². The number of hydrogen-bond acceptors (Lipinski definition) is 2. The Morgan fingerprint density at radius 1 is 0.783 bits per heavy atom. The summed E-state index contributed by atoms with van der Waals surface area (Å²) < 4.78 is 5.46. The maximum Gasteiger partial charge on any atom is 0.0807 e. The molecule has 0 fully saturated rings. The Balaban J connectivity index is 3.01. The van der Waals surface area contributed by atoms with E-state index in [-0.39, 0.29) is 6.10 Å². The van der Waals surface area contributed by atoms with Gasteiger partial charge in [0.1, 0.15) is 0 Å². The van der Waals surface area contributed by atoms with Crippen molar-refractivity contribution in [2.45, 2.75) is 109 Å². The maximum atomic E-state index is 9.47. The molecule has 0 spiro atoms. The molecule has 138 valence electrons. The van der Waals surface area contributed by atoms with Gasteiger partial charge in [-0.1, -0.05) is 96.5 Å². The highest BCUT2D eigenvalue weighted by atomic mass is 16.5. The zero-order chi connectivity index (χ0) is 17.0. The molecule has 0 aliphatic rings. The number of unbranched alkanes of at least 4 members (excludes halogenated alkanes) is 13. The van der Waals surface area contributed by atoms with Crippen LogP contribution in [0.5, 0.6) is 0 Å². The van der Waals surface area contributed by atoms with Crippen LogP contribution in [-0.2, 0) is 4.74 Å². The molecular formula is C21H42O2. The first-order valence-electron chi connectivity index (χ1n) is 10.2. The van der Waals surface area contributed by atoms with Crippen molar-refractivity contribution in [1.82, 2.24) is 0 Å². The Morgan fingerprint density at radius 2 is 1.22 bits per heavy atom. The van der Waals surface area contributed by atoms with Gasteiger partial charge >= 0.3 is 0 Å². The fourth-order valence-electron chi connectivity index (χ4n) is 2.88. The van der Waals surface area contributed by atoms with Gasteiger partial charge in [-0.15, -0.1) is 6.58 Å². The minimum Gasteiger partial charge on any atom is -0.390 e. The molecule has 0 aliphatic carbocycles. The second-order valence-electron chi connectivity index (χ2n) is 6.85. The van der Waals surface area contributed by atoms with E-state index in [0.717, 1.165) is 13.0 Å². The molecular weight excluding hydrogens is 284 g/mol. The van der Waals surface area contributed by atoms with E-state index >= 15 is 0 Å². The molecule has 2 heteroatoms. The van der Waals surface area contributed by atoms with Crippen LogP contribution in [0.4, 0.5) is 0 Å². The second kappa shape index (κ2) is 19.7. The highest BCUT2D eigenvalue weighted by Gasteiger charge is 2.00. The normalized spacial score (nSPS) is 12.4. The van der Waals surface area contributed by atoms with Gasteiger partial charge in [-0.05, 0) is 12.8 Å². The molecule has 1 atom stereocenters. The lowest BCUT2D eigenvalue weighted by atomic mass is 10.0. The molecule has 0 rings (SSSR count). The van der Waals surface area contributed by atoms with Gasteiger partial charge in [-0.25, -0.2) is 0 Å². The van der Waals surface area contributed by atoms with Crippen molar-refractivity contribution in [3.05, 3.63) is 12.7 Å². The van der Waals surface area contributed by atoms with Gasteiger partial charge in [0.15, 0.2) is 0 Å². The summed E-state index contributed by atoms with van der Waals surface area (Å²) in [7, 11) is 0. The summed E-state index contributed by atoms with van der Waals surface area (Å²) in [5.74, 6) is 0. The number of rotatable bonds is 19. The van der Waals surface area contributed by atoms with Gasteiger partial charge < -0.3 is 9.84 Å². The average molecular weight is 327 g/mol. The lowest BCUT2D eigenvalue weighted by molar-refractivity contribution is 0.0368.